The Labute approximate surface area is 125 Å². The smallest absolute Gasteiger partial charge is 0.110 e. The lowest BCUT2D eigenvalue weighted by Crippen LogP contribution is -2.61. The van der Waals surface area contributed by atoms with Crippen LogP contribution in [0.5, 0.6) is 0 Å². The third-order valence-electron chi connectivity index (χ3n) is 6.26. The monoisotopic (exact) mass is 289 g/mol. The van der Waals surface area contributed by atoms with Crippen LogP contribution in [-0.2, 0) is 10.3 Å². The largest absolute Gasteiger partial charge is 0.365 e. The zero-order valence-corrected chi connectivity index (χ0v) is 12.8. The van der Waals surface area contributed by atoms with Crippen LogP contribution in [0.3, 0.4) is 0 Å². The Morgan fingerprint density at radius 1 is 1.15 bits per heavy atom. The maximum absolute atomic E-state index is 6.90. The number of nitrogens with zero attached hydrogens (tertiary/aromatic N) is 1. The minimum absolute atomic E-state index is 0.0599. The number of hydrogen-bond donors (Lipinski definition) is 0. The van der Waals surface area contributed by atoms with Gasteiger partial charge in [-0.1, -0.05) is 12.8 Å². The molecule has 2 nitrogen and oxygen atoms in total. The molecule has 6 rings (SSSR count). The van der Waals surface area contributed by atoms with Crippen LogP contribution < -0.4 is 0 Å². The molecule has 1 aromatic rings. The molecule has 0 radical (unpaired) electrons. The van der Waals surface area contributed by atoms with Crippen LogP contribution in [0.1, 0.15) is 54.9 Å². The summed E-state index contributed by atoms with van der Waals surface area (Å²) >= 11 is 2.01. The van der Waals surface area contributed by atoms with Gasteiger partial charge in [-0.3, -0.25) is 0 Å². The van der Waals surface area contributed by atoms with Crippen molar-refractivity contribution in [2.24, 2.45) is 5.92 Å². The molecule has 0 amide bonds. The molecule has 3 heteroatoms. The van der Waals surface area contributed by atoms with Crippen molar-refractivity contribution in [3.05, 3.63) is 21.9 Å². The number of thiophene rings is 1. The summed E-state index contributed by atoms with van der Waals surface area (Å²) in [6, 6.07) is 2.40. The molecule has 0 N–H and O–H groups in total. The molecule has 5 aliphatic rings. The Hall–Kier alpha value is -0.380. The van der Waals surface area contributed by atoms with Crippen LogP contribution in [0.4, 0.5) is 0 Å². The highest BCUT2D eigenvalue weighted by molar-refractivity contribution is 7.10. The maximum Gasteiger partial charge on any atom is 0.110 e. The van der Waals surface area contributed by atoms with E-state index >= 15 is 0 Å². The van der Waals surface area contributed by atoms with E-state index in [0.29, 0.717) is 12.0 Å². The fraction of sp³-hybridized carbons (Fsp3) is 0.765. The first kappa shape index (κ1) is 12.2. The fourth-order valence-corrected chi connectivity index (χ4v) is 6.45. The Kier molecular flexibility index (Phi) is 2.63. The Morgan fingerprint density at radius 2 is 2.00 bits per heavy atom. The normalized spacial score (nSPS) is 46.2. The van der Waals surface area contributed by atoms with Gasteiger partial charge >= 0.3 is 0 Å². The third kappa shape index (κ3) is 1.52. The van der Waals surface area contributed by atoms with E-state index in [1.54, 1.807) is 10.4 Å². The van der Waals surface area contributed by atoms with E-state index in [1.165, 1.54) is 51.6 Å². The van der Waals surface area contributed by atoms with Gasteiger partial charge in [-0.15, -0.1) is 11.3 Å². The summed E-state index contributed by atoms with van der Waals surface area (Å²) in [4.78, 5) is 4.33. The van der Waals surface area contributed by atoms with Gasteiger partial charge < -0.3 is 9.64 Å². The van der Waals surface area contributed by atoms with Crippen LogP contribution in [0, 0.1) is 5.92 Å². The first-order chi connectivity index (χ1) is 9.87. The zero-order valence-electron chi connectivity index (χ0n) is 12.0. The molecular formula is C17H23NOS. The predicted molar refractivity (Wildman–Crippen MR) is 81.2 cm³/mol. The number of fused-ring (bicyclic) bond motifs is 5. The lowest BCUT2D eigenvalue weighted by atomic mass is 9.67. The molecule has 0 unspecified atom stereocenters. The van der Waals surface area contributed by atoms with Crippen molar-refractivity contribution in [2.45, 2.75) is 56.1 Å². The lowest BCUT2D eigenvalue weighted by molar-refractivity contribution is -0.206. The molecule has 3 atom stereocenters. The summed E-state index contributed by atoms with van der Waals surface area (Å²) in [6.45, 7) is 3.75. The van der Waals surface area contributed by atoms with E-state index in [9.17, 15) is 0 Å². The van der Waals surface area contributed by atoms with Crippen LogP contribution in [-0.4, -0.2) is 30.6 Å². The molecule has 3 saturated heterocycles. The van der Waals surface area contributed by atoms with Crippen LogP contribution in [0.25, 0.3) is 0 Å². The number of rotatable bonds is 0. The van der Waals surface area contributed by atoms with E-state index in [2.05, 4.69) is 16.3 Å². The summed E-state index contributed by atoms with van der Waals surface area (Å²) in [7, 11) is 0. The molecule has 1 aliphatic carbocycles. The minimum Gasteiger partial charge on any atom is -0.365 e. The number of hydrogen-bond acceptors (Lipinski definition) is 3. The van der Waals surface area contributed by atoms with Gasteiger partial charge in [-0.25, -0.2) is 0 Å². The Bertz CT molecular complexity index is 519. The average molecular weight is 289 g/mol. The number of piperidine rings is 3. The molecule has 1 saturated carbocycles. The molecular weight excluding hydrogens is 266 g/mol. The molecule has 20 heavy (non-hydrogen) atoms. The topological polar surface area (TPSA) is 12.5 Å². The van der Waals surface area contributed by atoms with Gasteiger partial charge in [0.1, 0.15) is 5.60 Å². The third-order valence-corrected chi connectivity index (χ3v) is 7.31. The van der Waals surface area contributed by atoms with E-state index in [0.717, 1.165) is 12.5 Å². The van der Waals surface area contributed by atoms with Gasteiger partial charge in [0.25, 0.3) is 0 Å². The van der Waals surface area contributed by atoms with Crippen molar-refractivity contribution in [1.82, 2.24) is 4.90 Å². The van der Waals surface area contributed by atoms with Gasteiger partial charge in [-0.2, -0.15) is 0 Å². The van der Waals surface area contributed by atoms with Crippen molar-refractivity contribution >= 4 is 11.3 Å². The maximum atomic E-state index is 6.90. The van der Waals surface area contributed by atoms with E-state index < -0.39 is 0 Å². The number of ether oxygens (including phenoxy) is 1. The SMILES string of the molecule is c1cc2c(s1)[C@@H]1CCCC[C@@H]1O[C@]21CN2CCC1CC2. The molecule has 4 fully saturated rings. The highest BCUT2D eigenvalue weighted by Crippen LogP contribution is 2.55. The predicted octanol–water partition coefficient (Wildman–Crippen LogP) is 3.73. The second kappa shape index (κ2) is 4.31. The fourth-order valence-electron chi connectivity index (χ4n) is 5.29. The van der Waals surface area contributed by atoms with Crippen LogP contribution >= 0.6 is 11.3 Å². The van der Waals surface area contributed by atoms with Crippen molar-refractivity contribution in [3.63, 3.8) is 0 Å². The molecule has 1 aromatic heterocycles. The Morgan fingerprint density at radius 3 is 2.80 bits per heavy atom. The summed E-state index contributed by atoms with van der Waals surface area (Å²) in [5, 5.41) is 2.32. The standard InChI is InChI=1S/C17H23NOS/c1-2-4-15-13(3-1)16-14(7-10-20-16)17(19-15)11-18-8-5-12(17)6-9-18/h7,10,12-13,15H,1-6,8-9,11H2/t13-,15+,17+/m1/s1. The summed E-state index contributed by atoms with van der Waals surface area (Å²) in [6.07, 6.45) is 8.59. The van der Waals surface area contributed by atoms with Gasteiger partial charge in [0.15, 0.2) is 0 Å². The summed E-state index contributed by atoms with van der Waals surface area (Å²) in [5.41, 5.74) is 1.64. The van der Waals surface area contributed by atoms with E-state index in [4.69, 9.17) is 4.74 Å². The molecule has 1 spiro atoms. The van der Waals surface area contributed by atoms with Crippen LogP contribution in [0.2, 0.25) is 0 Å². The van der Waals surface area contributed by atoms with Crippen molar-refractivity contribution < 1.29 is 4.74 Å². The second-order valence-corrected chi connectivity index (χ2v) is 8.13. The molecule has 0 aromatic carbocycles. The van der Waals surface area contributed by atoms with Crippen LogP contribution in [0.15, 0.2) is 11.4 Å². The molecule has 108 valence electrons. The van der Waals surface area contributed by atoms with Gasteiger partial charge in [0.2, 0.25) is 0 Å². The van der Waals surface area contributed by atoms with Crippen molar-refractivity contribution in [1.29, 1.82) is 0 Å². The summed E-state index contributed by atoms with van der Waals surface area (Å²) < 4.78 is 6.90. The molecule has 5 heterocycles. The van der Waals surface area contributed by atoms with Crippen molar-refractivity contribution in [3.8, 4) is 0 Å². The first-order valence-electron chi connectivity index (χ1n) is 8.35. The van der Waals surface area contributed by atoms with E-state index in [-0.39, 0.29) is 5.60 Å². The lowest BCUT2D eigenvalue weighted by Gasteiger charge is -2.57. The second-order valence-electron chi connectivity index (χ2n) is 7.19. The van der Waals surface area contributed by atoms with Gasteiger partial charge in [0.05, 0.1) is 6.10 Å². The first-order valence-corrected chi connectivity index (χ1v) is 9.23. The summed E-state index contributed by atoms with van der Waals surface area (Å²) in [5.74, 6) is 1.48. The van der Waals surface area contributed by atoms with Gasteiger partial charge in [0, 0.05) is 17.3 Å². The minimum atomic E-state index is 0.0599. The quantitative estimate of drug-likeness (QED) is 0.721. The van der Waals surface area contributed by atoms with E-state index in [1.807, 2.05) is 11.3 Å². The van der Waals surface area contributed by atoms with Gasteiger partial charge in [-0.05, 0) is 61.7 Å². The highest BCUT2D eigenvalue weighted by atomic mass is 32.1. The Balaban J connectivity index is 1.63. The van der Waals surface area contributed by atoms with Crippen molar-refractivity contribution in [2.75, 3.05) is 19.6 Å². The highest BCUT2D eigenvalue weighted by Gasteiger charge is 2.55. The molecule has 2 bridgehead atoms. The molecule has 4 aliphatic heterocycles. The zero-order chi connectivity index (χ0) is 13.2. The average Bonchev–Trinajstić information content (AvgIpc) is 2.99.